The van der Waals surface area contributed by atoms with Crippen LogP contribution >= 0.6 is 11.6 Å². The smallest absolute Gasteiger partial charge is 0.381 e. The Morgan fingerprint density at radius 3 is 2.47 bits per heavy atom. The van der Waals surface area contributed by atoms with Crippen LogP contribution in [0.5, 0.6) is 0 Å². The van der Waals surface area contributed by atoms with Crippen molar-refractivity contribution < 1.29 is 22.6 Å². The van der Waals surface area contributed by atoms with Gasteiger partial charge in [0.2, 0.25) is 0 Å². The fourth-order valence-corrected chi connectivity index (χ4v) is 2.06. The molecule has 0 aromatic heterocycles. The van der Waals surface area contributed by atoms with E-state index in [2.05, 4.69) is 10.1 Å². The van der Waals surface area contributed by atoms with E-state index in [9.17, 15) is 13.2 Å². The number of alkyl halides is 4. The lowest BCUT2D eigenvalue weighted by molar-refractivity contribution is -0.173. The highest BCUT2D eigenvalue weighted by molar-refractivity contribution is 6.18. The Hall–Kier alpha value is -0.0400. The largest absolute Gasteiger partial charge is 0.411 e. The van der Waals surface area contributed by atoms with E-state index in [-0.39, 0.29) is 12.1 Å². The van der Waals surface area contributed by atoms with E-state index in [0.29, 0.717) is 25.6 Å². The maximum absolute atomic E-state index is 11.8. The molecule has 0 aliphatic carbocycles. The Labute approximate surface area is 104 Å². The Morgan fingerprint density at radius 2 is 1.94 bits per heavy atom. The van der Waals surface area contributed by atoms with Crippen molar-refractivity contribution in [3.63, 3.8) is 0 Å². The van der Waals surface area contributed by atoms with Crippen LogP contribution in [0.2, 0.25) is 0 Å². The molecule has 0 saturated carbocycles. The van der Waals surface area contributed by atoms with Crippen LogP contribution in [0.1, 0.15) is 12.8 Å². The van der Waals surface area contributed by atoms with Crippen LogP contribution in [0.4, 0.5) is 13.2 Å². The minimum atomic E-state index is -4.26. The van der Waals surface area contributed by atoms with E-state index in [1.807, 2.05) is 0 Å². The van der Waals surface area contributed by atoms with Crippen LogP contribution in [-0.4, -0.2) is 50.6 Å². The average molecular weight is 276 g/mol. The molecule has 1 heterocycles. The summed E-state index contributed by atoms with van der Waals surface area (Å²) in [5, 5.41) is 3.17. The van der Waals surface area contributed by atoms with E-state index >= 15 is 0 Å². The Balaban J connectivity index is 2.15. The molecule has 0 spiro atoms. The minimum absolute atomic E-state index is 0.0268. The fraction of sp³-hybridized carbons (Fsp3) is 1.00. The van der Waals surface area contributed by atoms with Crippen molar-refractivity contribution in [2.75, 3.05) is 38.9 Å². The van der Waals surface area contributed by atoms with Crippen molar-refractivity contribution in [2.45, 2.75) is 24.6 Å². The van der Waals surface area contributed by atoms with Gasteiger partial charge in [0.25, 0.3) is 0 Å². The van der Waals surface area contributed by atoms with E-state index in [4.69, 9.17) is 16.3 Å². The summed E-state index contributed by atoms with van der Waals surface area (Å²) < 4.78 is 45.1. The number of hydrogen-bond donors (Lipinski definition) is 1. The second-order valence-corrected chi connectivity index (χ2v) is 4.39. The summed E-state index contributed by atoms with van der Waals surface area (Å²) in [5.74, 6) is 0.426. The molecule has 0 radical (unpaired) electrons. The number of rotatable bonds is 6. The highest BCUT2D eigenvalue weighted by atomic mass is 35.5. The predicted octanol–water partition coefficient (Wildman–Crippen LogP) is 1.94. The van der Waals surface area contributed by atoms with E-state index in [1.54, 1.807) is 0 Å². The third kappa shape index (κ3) is 5.90. The van der Waals surface area contributed by atoms with Gasteiger partial charge in [-0.05, 0) is 12.8 Å². The van der Waals surface area contributed by atoms with Gasteiger partial charge in [-0.15, -0.1) is 11.6 Å². The Morgan fingerprint density at radius 1 is 1.29 bits per heavy atom. The number of halogens is 4. The second kappa shape index (κ2) is 6.78. The summed E-state index contributed by atoms with van der Waals surface area (Å²) >= 11 is 5.88. The van der Waals surface area contributed by atoms with Crippen molar-refractivity contribution >= 4 is 11.6 Å². The molecule has 1 N–H and O–H groups in total. The molecule has 1 saturated heterocycles. The summed E-state index contributed by atoms with van der Waals surface area (Å²) in [7, 11) is 0. The van der Waals surface area contributed by atoms with Crippen LogP contribution in [0, 0.1) is 0 Å². The van der Waals surface area contributed by atoms with Crippen molar-refractivity contribution in [3.8, 4) is 0 Å². The molecule has 17 heavy (non-hydrogen) atoms. The lowest BCUT2D eigenvalue weighted by atomic mass is 9.92. The first-order chi connectivity index (χ1) is 7.97. The standard InChI is InChI=1S/C10H17ClF3NO2/c11-7-9(1-4-16-5-2-9)15-3-6-17-8-10(12,13)14/h15H,1-8H2. The van der Waals surface area contributed by atoms with Crippen LogP contribution in [0.3, 0.4) is 0 Å². The lowest BCUT2D eigenvalue weighted by Crippen LogP contribution is -2.52. The minimum Gasteiger partial charge on any atom is -0.381 e. The van der Waals surface area contributed by atoms with Gasteiger partial charge in [-0.25, -0.2) is 0 Å². The molecule has 0 aromatic carbocycles. The molecule has 1 rings (SSSR count). The summed E-state index contributed by atoms with van der Waals surface area (Å²) in [4.78, 5) is 0. The van der Waals surface area contributed by atoms with Gasteiger partial charge in [-0.3, -0.25) is 0 Å². The van der Waals surface area contributed by atoms with E-state index < -0.39 is 12.8 Å². The molecule has 0 atom stereocenters. The lowest BCUT2D eigenvalue weighted by Gasteiger charge is -2.36. The SMILES string of the molecule is FC(F)(F)COCCNC1(CCl)CCOCC1. The van der Waals surface area contributed by atoms with E-state index in [0.717, 1.165) is 12.8 Å². The van der Waals surface area contributed by atoms with Gasteiger partial charge in [0.1, 0.15) is 6.61 Å². The number of nitrogens with one attached hydrogen (secondary N) is 1. The van der Waals surface area contributed by atoms with Crippen molar-refractivity contribution in [3.05, 3.63) is 0 Å². The molecular formula is C10H17ClF3NO2. The van der Waals surface area contributed by atoms with Crippen LogP contribution in [-0.2, 0) is 9.47 Å². The quantitative estimate of drug-likeness (QED) is 0.594. The monoisotopic (exact) mass is 275 g/mol. The fourth-order valence-electron chi connectivity index (χ4n) is 1.70. The summed E-state index contributed by atoms with van der Waals surface area (Å²) in [6.07, 6.45) is -2.71. The molecule has 0 bridgehead atoms. The van der Waals surface area contributed by atoms with Gasteiger partial charge >= 0.3 is 6.18 Å². The molecule has 0 amide bonds. The summed E-state index contributed by atoms with van der Waals surface area (Å²) in [6.45, 7) is 0.444. The third-order valence-electron chi connectivity index (χ3n) is 2.72. The zero-order valence-corrected chi connectivity index (χ0v) is 10.2. The highest BCUT2D eigenvalue weighted by Gasteiger charge is 2.31. The van der Waals surface area contributed by atoms with Gasteiger partial charge in [0, 0.05) is 31.2 Å². The predicted molar refractivity (Wildman–Crippen MR) is 58.4 cm³/mol. The summed E-state index contributed by atoms with van der Waals surface area (Å²) in [5.41, 5.74) is -0.221. The Bertz CT molecular complexity index is 220. The zero-order chi connectivity index (χ0) is 12.8. The molecular weight excluding hydrogens is 259 g/mol. The maximum atomic E-state index is 11.8. The first-order valence-corrected chi connectivity index (χ1v) is 6.04. The number of ether oxygens (including phenoxy) is 2. The average Bonchev–Trinajstić information content (AvgIpc) is 2.28. The van der Waals surface area contributed by atoms with Crippen molar-refractivity contribution in [1.82, 2.24) is 5.32 Å². The molecule has 0 unspecified atom stereocenters. The first kappa shape index (κ1) is 15.0. The van der Waals surface area contributed by atoms with Crippen molar-refractivity contribution in [1.29, 1.82) is 0 Å². The topological polar surface area (TPSA) is 30.5 Å². The second-order valence-electron chi connectivity index (χ2n) is 4.12. The molecule has 1 fully saturated rings. The molecule has 102 valence electrons. The van der Waals surface area contributed by atoms with Crippen LogP contribution in [0.25, 0.3) is 0 Å². The molecule has 1 aliphatic heterocycles. The molecule has 1 aliphatic rings. The maximum Gasteiger partial charge on any atom is 0.411 e. The Kier molecular flexibility index (Phi) is 5.99. The van der Waals surface area contributed by atoms with Gasteiger partial charge in [0.15, 0.2) is 0 Å². The number of hydrogen-bond acceptors (Lipinski definition) is 3. The summed E-state index contributed by atoms with van der Waals surface area (Å²) in [6, 6.07) is 0. The first-order valence-electron chi connectivity index (χ1n) is 5.51. The zero-order valence-electron chi connectivity index (χ0n) is 9.49. The van der Waals surface area contributed by atoms with Crippen LogP contribution < -0.4 is 5.32 Å². The van der Waals surface area contributed by atoms with E-state index in [1.165, 1.54) is 0 Å². The molecule has 7 heteroatoms. The third-order valence-corrected chi connectivity index (χ3v) is 3.23. The molecule has 3 nitrogen and oxygen atoms in total. The highest BCUT2D eigenvalue weighted by Crippen LogP contribution is 2.22. The molecule has 0 aromatic rings. The van der Waals surface area contributed by atoms with Crippen molar-refractivity contribution in [2.24, 2.45) is 0 Å². The van der Waals surface area contributed by atoms with Gasteiger partial charge in [-0.1, -0.05) is 0 Å². The normalized spacial score (nSPS) is 20.5. The van der Waals surface area contributed by atoms with Gasteiger partial charge in [0.05, 0.1) is 6.61 Å². The van der Waals surface area contributed by atoms with Crippen LogP contribution in [0.15, 0.2) is 0 Å². The van der Waals surface area contributed by atoms with Gasteiger partial charge < -0.3 is 14.8 Å². The van der Waals surface area contributed by atoms with Gasteiger partial charge in [-0.2, -0.15) is 13.2 Å².